The molecule has 0 unspecified atom stereocenters. The Morgan fingerprint density at radius 2 is 0.636 bits per heavy atom. The molecule has 9 nitrogen and oxygen atoms in total. The van der Waals surface area contributed by atoms with Crippen LogP contribution in [0.5, 0.6) is 51.7 Å². The van der Waals surface area contributed by atoms with Gasteiger partial charge in [-0.1, -0.05) is 27.7 Å². The van der Waals surface area contributed by atoms with Crippen LogP contribution < -0.4 is 0 Å². The molecule has 0 saturated carbocycles. The topological polar surface area (TPSA) is 182 Å². The summed E-state index contributed by atoms with van der Waals surface area (Å²) in [6.07, 6.45) is 0. The largest absolute Gasteiger partial charge is 0.508 e. The molecule has 0 heterocycles. The summed E-state index contributed by atoms with van der Waals surface area (Å²) in [5.41, 5.74) is -3.53. The van der Waals surface area contributed by atoms with Crippen molar-refractivity contribution in [3.63, 3.8) is 0 Å². The van der Waals surface area contributed by atoms with E-state index in [1.807, 2.05) is 0 Å². The van der Waals surface area contributed by atoms with Crippen LogP contribution in [0, 0.1) is 0 Å². The average molecular weight is 458 g/mol. The maximum atomic E-state index is 11.3. The van der Waals surface area contributed by atoms with E-state index in [4.69, 9.17) is 0 Å². The van der Waals surface area contributed by atoms with E-state index in [0.29, 0.717) is 0 Å². The van der Waals surface area contributed by atoms with Gasteiger partial charge < -0.3 is 46.0 Å². The fourth-order valence-electron chi connectivity index (χ4n) is 4.60. The Hall–Kier alpha value is -4.14. The van der Waals surface area contributed by atoms with Crippen LogP contribution in [0.25, 0.3) is 0 Å². The van der Waals surface area contributed by atoms with Crippen LogP contribution in [-0.2, 0) is 10.8 Å². The summed E-state index contributed by atoms with van der Waals surface area (Å²) in [5.74, 6) is -4.54. The smallest absolute Gasteiger partial charge is 0.131 e. The van der Waals surface area contributed by atoms with Gasteiger partial charge in [0.15, 0.2) is 0 Å². The Morgan fingerprint density at radius 1 is 0.394 bits per heavy atom. The average Bonchev–Trinajstić information content (AvgIpc) is 2.57. The predicted octanol–water partition coefficient (Wildman–Crippen LogP) is 3.69. The molecule has 0 saturated heterocycles. The van der Waals surface area contributed by atoms with Crippen molar-refractivity contribution in [1.29, 1.82) is 0 Å². The maximum absolute atomic E-state index is 11.3. The quantitative estimate of drug-likeness (QED) is 0.281. The molecule has 3 aromatic rings. The highest BCUT2D eigenvalue weighted by atomic mass is 16.3. The van der Waals surface area contributed by atoms with Gasteiger partial charge in [0.25, 0.3) is 0 Å². The SMILES string of the molecule is CC(C)(c1c(O)cc(O)cc1O)c1c(O)cc(O)c(C(C)(C)c2c(O)cc(O)cc2O)c1O. The van der Waals surface area contributed by atoms with Gasteiger partial charge in [-0.25, -0.2) is 0 Å². The highest BCUT2D eigenvalue weighted by molar-refractivity contribution is 5.69. The molecular formula is C24H26O9. The van der Waals surface area contributed by atoms with E-state index < -0.39 is 62.6 Å². The van der Waals surface area contributed by atoms with Gasteiger partial charge in [0.05, 0.1) is 0 Å². The van der Waals surface area contributed by atoms with Gasteiger partial charge in [-0.15, -0.1) is 0 Å². The number of phenols is 9. The van der Waals surface area contributed by atoms with Crippen LogP contribution in [0.2, 0.25) is 0 Å². The number of phenolic OH excluding ortho intramolecular Hbond substituents is 9. The lowest BCUT2D eigenvalue weighted by molar-refractivity contribution is 0.366. The van der Waals surface area contributed by atoms with Crippen LogP contribution >= 0.6 is 0 Å². The molecule has 176 valence electrons. The molecule has 3 rings (SSSR count). The summed E-state index contributed by atoms with van der Waals surface area (Å²) in [4.78, 5) is 0. The molecule has 0 aliphatic carbocycles. The van der Waals surface area contributed by atoms with E-state index in [9.17, 15) is 46.0 Å². The molecule has 33 heavy (non-hydrogen) atoms. The zero-order valence-corrected chi connectivity index (χ0v) is 18.4. The maximum Gasteiger partial charge on any atom is 0.131 e. The van der Waals surface area contributed by atoms with Gasteiger partial charge in [-0.2, -0.15) is 0 Å². The Bertz CT molecular complexity index is 1120. The molecule has 0 bridgehead atoms. The zero-order valence-electron chi connectivity index (χ0n) is 18.4. The predicted molar refractivity (Wildman–Crippen MR) is 119 cm³/mol. The van der Waals surface area contributed by atoms with Crippen molar-refractivity contribution in [1.82, 2.24) is 0 Å². The van der Waals surface area contributed by atoms with Gasteiger partial charge in [-0.3, -0.25) is 0 Å². The number of aromatic hydroxyl groups is 9. The number of hydrogen-bond donors (Lipinski definition) is 9. The van der Waals surface area contributed by atoms with Crippen LogP contribution in [0.4, 0.5) is 0 Å². The van der Waals surface area contributed by atoms with E-state index >= 15 is 0 Å². The van der Waals surface area contributed by atoms with Crippen LogP contribution in [-0.4, -0.2) is 46.0 Å². The van der Waals surface area contributed by atoms with Gasteiger partial charge >= 0.3 is 0 Å². The molecule has 0 fully saturated rings. The summed E-state index contributed by atoms with van der Waals surface area (Å²) < 4.78 is 0. The minimum absolute atomic E-state index is 0.115. The molecule has 0 atom stereocenters. The molecule has 0 spiro atoms. The minimum Gasteiger partial charge on any atom is -0.508 e. The molecule has 9 heteroatoms. The summed E-state index contributed by atoms with van der Waals surface area (Å²) in [6.45, 7) is 5.93. The summed E-state index contributed by atoms with van der Waals surface area (Å²) in [7, 11) is 0. The third-order valence-electron chi connectivity index (χ3n) is 5.92. The lowest BCUT2D eigenvalue weighted by Gasteiger charge is -2.34. The van der Waals surface area contributed by atoms with Crippen molar-refractivity contribution in [2.75, 3.05) is 0 Å². The van der Waals surface area contributed by atoms with Crippen molar-refractivity contribution < 1.29 is 46.0 Å². The Labute approximate surface area is 189 Å². The molecule has 0 radical (unpaired) electrons. The van der Waals surface area contributed by atoms with E-state index in [0.717, 1.165) is 30.3 Å². The summed E-state index contributed by atoms with van der Waals surface area (Å²) >= 11 is 0. The van der Waals surface area contributed by atoms with Crippen molar-refractivity contribution >= 4 is 0 Å². The van der Waals surface area contributed by atoms with Gasteiger partial charge in [0, 0.05) is 63.4 Å². The summed E-state index contributed by atoms with van der Waals surface area (Å²) in [5, 5.41) is 93.4. The fraction of sp³-hybridized carbons (Fsp3) is 0.250. The van der Waals surface area contributed by atoms with E-state index in [-0.39, 0.29) is 22.3 Å². The molecule has 0 aliphatic heterocycles. The summed E-state index contributed by atoms with van der Waals surface area (Å²) in [6, 6.07) is 4.91. The van der Waals surface area contributed by atoms with Crippen molar-refractivity contribution in [2.24, 2.45) is 0 Å². The van der Waals surface area contributed by atoms with E-state index in [1.165, 1.54) is 27.7 Å². The molecule has 0 aromatic heterocycles. The van der Waals surface area contributed by atoms with Crippen LogP contribution in [0.15, 0.2) is 30.3 Å². The first-order chi connectivity index (χ1) is 15.1. The highest BCUT2D eigenvalue weighted by Gasteiger charge is 2.41. The van der Waals surface area contributed by atoms with Gasteiger partial charge in [0.2, 0.25) is 0 Å². The lowest BCUT2D eigenvalue weighted by Crippen LogP contribution is -2.24. The second kappa shape index (κ2) is 7.47. The van der Waals surface area contributed by atoms with Crippen LogP contribution in [0.3, 0.4) is 0 Å². The second-order valence-electron chi connectivity index (χ2n) is 8.98. The lowest BCUT2D eigenvalue weighted by atomic mass is 9.71. The first-order valence-electron chi connectivity index (χ1n) is 9.90. The third-order valence-corrected chi connectivity index (χ3v) is 5.92. The Morgan fingerprint density at radius 3 is 0.909 bits per heavy atom. The molecule has 3 aromatic carbocycles. The van der Waals surface area contributed by atoms with Crippen molar-refractivity contribution in [2.45, 2.75) is 38.5 Å². The number of rotatable bonds is 4. The first-order valence-corrected chi connectivity index (χ1v) is 9.90. The van der Waals surface area contributed by atoms with Gasteiger partial charge in [0.1, 0.15) is 51.7 Å². The van der Waals surface area contributed by atoms with E-state index in [2.05, 4.69) is 0 Å². The van der Waals surface area contributed by atoms with Crippen molar-refractivity contribution in [3.05, 3.63) is 52.6 Å². The normalized spacial score (nSPS) is 12.1. The van der Waals surface area contributed by atoms with E-state index in [1.54, 1.807) is 0 Å². The molecule has 0 amide bonds. The molecule has 0 aliphatic rings. The van der Waals surface area contributed by atoms with Crippen LogP contribution in [0.1, 0.15) is 49.9 Å². The highest BCUT2D eigenvalue weighted by Crippen LogP contribution is 2.56. The molecular weight excluding hydrogens is 432 g/mol. The standard InChI is InChI=1S/C24H26O9/c1-23(2,18-12(27)5-10(25)6-13(18)28)20-16(31)9-17(32)21(22(20)33)24(3,4)19-14(29)7-11(26)8-15(19)30/h5-9,25-33H,1-4H3. The second-order valence-corrected chi connectivity index (χ2v) is 8.98. The monoisotopic (exact) mass is 458 g/mol. The number of benzene rings is 3. The number of hydrogen-bond acceptors (Lipinski definition) is 9. The Kier molecular flexibility index (Phi) is 5.33. The van der Waals surface area contributed by atoms with Gasteiger partial charge in [-0.05, 0) is 0 Å². The zero-order chi connectivity index (χ0) is 25.0. The molecule has 9 N–H and O–H groups in total. The van der Waals surface area contributed by atoms with Crippen molar-refractivity contribution in [3.8, 4) is 51.7 Å². The Balaban J connectivity index is 2.36. The minimum atomic E-state index is -1.46. The third kappa shape index (κ3) is 3.61. The first kappa shape index (κ1) is 23.5. The fourth-order valence-corrected chi connectivity index (χ4v) is 4.60.